The maximum Gasteiger partial charge on any atom is 0.516 e. The van der Waals surface area contributed by atoms with Crippen LogP contribution in [0.5, 0.6) is 5.75 Å². The van der Waals surface area contributed by atoms with Gasteiger partial charge < -0.3 is 39.4 Å². The first-order chi connectivity index (χ1) is 14.6. The normalized spacial score (nSPS) is 27.4. The number of aliphatic hydroxyl groups is 4. The molecule has 0 aromatic heterocycles. The molecule has 1 aromatic carbocycles. The molecule has 0 spiro atoms. The molecule has 176 valence electrons. The molecular formula is C22H34O9. The Hall–Kier alpha value is -1.75. The molecule has 1 aliphatic rings. The van der Waals surface area contributed by atoms with E-state index in [0.29, 0.717) is 5.75 Å². The van der Waals surface area contributed by atoms with Crippen LogP contribution in [0.2, 0.25) is 0 Å². The number of carbonyl (C=O) groups excluding carboxylic acids is 1. The summed E-state index contributed by atoms with van der Waals surface area (Å²) in [5, 5.41) is 39.2. The van der Waals surface area contributed by atoms with E-state index in [1.807, 2.05) is 45.9 Å². The van der Waals surface area contributed by atoms with Crippen LogP contribution in [0.15, 0.2) is 18.2 Å². The van der Waals surface area contributed by atoms with Gasteiger partial charge in [0.15, 0.2) is 6.29 Å². The highest BCUT2D eigenvalue weighted by Crippen LogP contribution is 2.35. The van der Waals surface area contributed by atoms with Crippen molar-refractivity contribution in [3.63, 3.8) is 0 Å². The van der Waals surface area contributed by atoms with E-state index < -0.39 is 49.8 Å². The van der Waals surface area contributed by atoms with Gasteiger partial charge in [-0.2, -0.15) is 0 Å². The second-order valence-corrected chi connectivity index (χ2v) is 8.22. The van der Waals surface area contributed by atoms with E-state index >= 15 is 0 Å². The summed E-state index contributed by atoms with van der Waals surface area (Å²) in [4.78, 5) is 12.5. The second-order valence-electron chi connectivity index (χ2n) is 8.22. The third kappa shape index (κ3) is 6.15. The molecule has 2 rings (SSSR count). The predicted octanol–water partition coefficient (Wildman–Crippen LogP) is 2.00. The molecule has 0 bridgehead atoms. The molecule has 1 aliphatic heterocycles. The fourth-order valence-electron chi connectivity index (χ4n) is 3.35. The SMILES string of the molecule is CCC(OC(=O)Oc1c(C(C)C)cccc1C(C)C)O[C@H]1O[C@H](CO)[C@@H](O)[C@H](O)[C@H]1O. The lowest BCUT2D eigenvalue weighted by molar-refractivity contribution is -0.331. The van der Waals surface area contributed by atoms with Gasteiger partial charge in [0.1, 0.15) is 30.2 Å². The Kier molecular flexibility index (Phi) is 9.23. The molecule has 1 aromatic rings. The monoisotopic (exact) mass is 442 g/mol. The summed E-state index contributed by atoms with van der Waals surface area (Å²) in [5.41, 5.74) is 1.73. The molecule has 0 saturated carbocycles. The van der Waals surface area contributed by atoms with Gasteiger partial charge in [-0.25, -0.2) is 4.79 Å². The maximum absolute atomic E-state index is 12.5. The van der Waals surface area contributed by atoms with Crippen molar-refractivity contribution in [3.8, 4) is 5.75 Å². The summed E-state index contributed by atoms with van der Waals surface area (Å²) in [6.07, 6.45) is -9.16. The van der Waals surface area contributed by atoms with Gasteiger partial charge in [-0.05, 0) is 23.0 Å². The summed E-state index contributed by atoms with van der Waals surface area (Å²) >= 11 is 0. The molecular weight excluding hydrogens is 408 g/mol. The van der Waals surface area contributed by atoms with Gasteiger partial charge in [0.05, 0.1) is 6.61 Å². The molecule has 31 heavy (non-hydrogen) atoms. The zero-order chi connectivity index (χ0) is 23.3. The average molecular weight is 443 g/mol. The average Bonchev–Trinajstić information content (AvgIpc) is 2.73. The molecule has 4 N–H and O–H groups in total. The Bertz CT molecular complexity index is 693. The highest BCUT2D eigenvalue weighted by atomic mass is 16.8. The number of para-hydroxylation sites is 1. The number of benzene rings is 1. The molecule has 1 fully saturated rings. The van der Waals surface area contributed by atoms with E-state index in [1.54, 1.807) is 6.92 Å². The predicted molar refractivity (Wildman–Crippen MR) is 111 cm³/mol. The van der Waals surface area contributed by atoms with Crippen LogP contribution < -0.4 is 4.74 Å². The van der Waals surface area contributed by atoms with Crippen molar-refractivity contribution < 1.29 is 44.2 Å². The Balaban J connectivity index is 2.11. The minimum atomic E-state index is -1.60. The molecule has 1 unspecified atom stereocenters. The molecule has 0 amide bonds. The highest BCUT2D eigenvalue weighted by Gasteiger charge is 2.45. The summed E-state index contributed by atoms with van der Waals surface area (Å²) in [6, 6.07) is 5.70. The molecule has 1 saturated heterocycles. The number of ether oxygens (including phenoxy) is 4. The summed E-state index contributed by atoms with van der Waals surface area (Å²) < 4.78 is 21.6. The zero-order valence-electron chi connectivity index (χ0n) is 18.6. The smallest absolute Gasteiger partial charge is 0.404 e. The van der Waals surface area contributed by atoms with Gasteiger partial charge in [-0.3, -0.25) is 0 Å². The number of carbonyl (C=O) groups is 1. The Morgan fingerprint density at radius 3 is 2.10 bits per heavy atom. The van der Waals surface area contributed by atoms with Crippen molar-refractivity contribution in [3.05, 3.63) is 29.3 Å². The van der Waals surface area contributed by atoms with Gasteiger partial charge >= 0.3 is 6.16 Å². The van der Waals surface area contributed by atoms with Gasteiger partial charge in [-0.15, -0.1) is 0 Å². The largest absolute Gasteiger partial charge is 0.516 e. The van der Waals surface area contributed by atoms with E-state index in [2.05, 4.69) is 0 Å². The third-order valence-electron chi connectivity index (χ3n) is 5.20. The molecule has 1 heterocycles. The molecule has 0 aliphatic carbocycles. The van der Waals surface area contributed by atoms with E-state index in [9.17, 15) is 25.2 Å². The lowest BCUT2D eigenvalue weighted by Crippen LogP contribution is -2.59. The fraction of sp³-hybridized carbons (Fsp3) is 0.682. The van der Waals surface area contributed by atoms with E-state index in [1.165, 1.54) is 0 Å². The summed E-state index contributed by atoms with van der Waals surface area (Å²) in [7, 11) is 0. The number of hydrogen-bond donors (Lipinski definition) is 4. The van der Waals surface area contributed by atoms with Crippen molar-refractivity contribution in [2.45, 2.75) is 89.9 Å². The van der Waals surface area contributed by atoms with Crippen molar-refractivity contribution in [2.75, 3.05) is 6.61 Å². The molecule has 6 atom stereocenters. The Morgan fingerprint density at radius 2 is 1.61 bits per heavy atom. The maximum atomic E-state index is 12.5. The standard InChI is InChI=1S/C22H34O9/c1-6-16(29-21-19(26)18(25)17(24)15(10-23)28-21)30-22(27)31-20-13(11(2)3)8-7-9-14(20)12(4)5/h7-9,11-12,15-19,21,23-26H,6,10H2,1-5H3/t15-,16?,17-,18+,19-,21-/m1/s1. The van der Waals surface area contributed by atoms with Gasteiger partial charge in [0, 0.05) is 6.42 Å². The fourth-order valence-corrected chi connectivity index (χ4v) is 3.35. The minimum Gasteiger partial charge on any atom is -0.404 e. The molecule has 9 heteroatoms. The first kappa shape index (κ1) is 25.5. The second kappa shape index (κ2) is 11.2. The van der Waals surface area contributed by atoms with Crippen LogP contribution >= 0.6 is 0 Å². The quantitative estimate of drug-likeness (QED) is 0.271. The van der Waals surface area contributed by atoms with Gasteiger partial charge in [0.25, 0.3) is 0 Å². The van der Waals surface area contributed by atoms with Gasteiger partial charge in [-0.1, -0.05) is 52.8 Å². The Labute approximate surface area is 182 Å². The zero-order valence-corrected chi connectivity index (χ0v) is 18.6. The third-order valence-corrected chi connectivity index (χ3v) is 5.20. The van der Waals surface area contributed by atoms with E-state index in [-0.39, 0.29) is 18.3 Å². The van der Waals surface area contributed by atoms with Crippen molar-refractivity contribution >= 4 is 6.16 Å². The van der Waals surface area contributed by atoms with Gasteiger partial charge in [0.2, 0.25) is 6.29 Å². The van der Waals surface area contributed by atoms with Crippen LogP contribution in [0.3, 0.4) is 0 Å². The topological polar surface area (TPSA) is 135 Å². The van der Waals surface area contributed by atoms with Crippen molar-refractivity contribution in [1.82, 2.24) is 0 Å². The number of rotatable bonds is 8. The van der Waals surface area contributed by atoms with E-state index in [4.69, 9.17) is 18.9 Å². The van der Waals surface area contributed by atoms with Crippen LogP contribution in [-0.2, 0) is 14.2 Å². The molecule has 9 nitrogen and oxygen atoms in total. The lowest BCUT2D eigenvalue weighted by Gasteiger charge is -2.40. The first-order valence-electron chi connectivity index (χ1n) is 10.6. The van der Waals surface area contributed by atoms with Crippen molar-refractivity contribution in [2.24, 2.45) is 0 Å². The van der Waals surface area contributed by atoms with Crippen LogP contribution in [0.4, 0.5) is 4.79 Å². The van der Waals surface area contributed by atoms with Crippen LogP contribution in [-0.4, -0.2) is 70.2 Å². The van der Waals surface area contributed by atoms with E-state index in [0.717, 1.165) is 11.1 Å². The van der Waals surface area contributed by atoms with Crippen LogP contribution in [0, 0.1) is 0 Å². The van der Waals surface area contributed by atoms with Crippen LogP contribution in [0.1, 0.15) is 64.0 Å². The summed E-state index contributed by atoms with van der Waals surface area (Å²) in [5.74, 6) is 0.683. The highest BCUT2D eigenvalue weighted by molar-refractivity contribution is 5.66. The molecule has 0 radical (unpaired) electrons. The number of aliphatic hydroxyl groups excluding tert-OH is 4. The van der Waals surface area contributed by atoms with Crippen molar-refractivity contribution in [1.29, 1.82) is 0 Å². The minimum absolute atomic E-state index is 0.119. The number of hydrogen-bond acceptors (Lipinski definition) is 9. The summed E-state index contributed by atoms with van der Waals surface area (Å²) in [6.45, 7) is 9.07. The van der Waals surface area contributed by atoms with Crippen LogP contribution in [0.25, 0.3) is 0 Å². The Morgan fingerprint density at radius 1 is 1.03 bits per heavy atom. The lowest BCUT2D eigenvalue weighted by atomic mass is 9.94. The first-order valence-corrected chi connectivity index (χ1v) is 10.6.